The standard InChI is InChI=1S/C8H8BrClN4O/c9-5-1-12-8(10)13-7(5)14-2-4(3-14)6(11)15/h1,4H,2-3H2,(H2,11,15). The molecule has 80 valence electrons. The van der Waals surface area contributed by atoms with Crippen LogP contribution < -0.4 is 10.6 Å². The second-order valence-corrected chi connectivity index (χ2v) is 4.51. The molecule has 0 aliphatic carbocycles. The zero-order valence-electron chi connectivity index (χ0n) is 7.65. The molecule has 0 aromatic carbocycles. The molecule has 1 saturated heterocycles. The minimum absolute atomic E-state index is 0.0920. The molecular formula is C8H8BrClN4O. The van der Waals surface area contributed by atoms with Gasteiger partial charge in [-0.05, 0) is 27.5 Å². The Kier molecular flexibility index (Phi) is 2.79. The van der Waals surface area contributed by atoms with E-state index in [-0.39, 0.29) is 17.1 Å². The van der Waals surface area contributed by atoms with Gasteiger partial charge < -0.3 is 10.6 Å². The number of nitrogens with zero attached hydrogens (tertiary/aromatic N) is 3. The zero-order valence-corrected chi connectivity index (χ0v) is 9.99. The average Bonchev–Trinajstić information content (AvgIpc) is 2.08. The molecule has 0 saturated carbocycles. The largest absolute Gasteiger partial charge is 0.369 e. The van der Waals surface area contributed by atoms with E-state index in [0.29, 0.717) is 18.9 Å². The molecule has 0 spiro atoms. The van der Waals surface area contributed by atoms with E-state index >= 15 is 0 Å². The number of primary amides is 1. The van der Waals surface area contributed by atoms with E-state index < -0.39 is 0 Å². The van der Waals surface area contributed by atoms with Crippen molar-refractivity contribution in [1.82, 2.24) is 9.97 Å². The van der Waals surface area contributed by atoms with Crippen molar-refractivity contribution >= 4 is 39.3 Å². The summed E-state index contributed by atoms with van der Waals surface area (Å²) < 4.78 is 0.759. The van der Waals surface area contributed by atoms with Crippen molar-refractivity contribution in [2.45, 2.75) is 0 Å². The highest BCUT2D eigenvalue weighted by atomic mass is 79.9. The van der Waals surface area contributed by atoms with Crippen LogP contribution in [0.4, 0.5) is 5.82 Å². The molecular weight excluding hydrogens is 283 g/mol. The fourth-order valence-corrected chi connectivity index (χ4v) is 1.96. The van der Waals surface area contributed by atoms with E-state index in [1.165, 1.54) is 0 Å². The van der Waals surface area contributed by atoms with Gasteiger partial charge in [-0.25, -0.2) is 4.98 Å². The fourth-order valence-electron chi connectivity index (χ4n) is 1.39. The van der Waals surface area contributed by atoms with Crippen LogP contribution in [0.25, 0.3) is 0 Å². The predicted octanol–water partition coefficient (Wildman–Crippen LogP) is 0.814. The van der Waals surface area contributed by atoms with Crippen LogP contribution in [0.1, 0.15) is 0 Å². The van der Waals surface area contributed by atoms with Crippen molar-refractivity contribution < 1.29 is 4.79 Å². The van der Waals surface area contributed by atoms with Gasteiger partial charge in [0.1, 0.15) is 5.82 Å². The summed E-state index contributed by atoms with van der Waals surface area (Å²) in [5.74, 6) is 0.334. The van der Waals surface area contributed by atoms with Gasteiger partial charge in [0, 0.05) is 19.3 Å². The minimum Gasteiger partial charge on any atom is -0.369 e. The number of carbonyl (C=O) groups is 1. The predicted molar refractivity (Wildman–Crippen MR) is 59.6 cm³/mol. The van der Waals surface area contributed by atoms with E-state index in [1.807, 2.05) is 4.90 Å². The number of hydrogen-bond donors (Lipinski definition) is 1. The summed E-state index contributed by atoms with van der Waals surface area (Å²) in [4.78, 5) is 20.7. The Hall–Kier alpha value is -0.880. The van der Waals surface area contributed by atoms with E-state index in [0.717, 1.165) is 4.47 Å². The number of amides is 1. The maximum absolute atomic E-state index is 10.8. The number of halogens is 2. The molecule has 1 aromatic rings. The zero-order chi connectivity index (χ0) is 11.0. The van der Waals surface area contributed by atoms with Gasteiger partial charge in [-0.1, -0.05) is 0 Å². The van der Waals surface area contributed by atoms with Crippen molar-refractivity contribution in [1.29, 1.82) is 0 Å². The summed E-state index contributed by atoms with van der Waals surface area (Å²) in [6.07, 6.45) is 1.59. The highest BCUT2D eigenvalue weighted by Crippen LogP contribution is 2.29. The lowest BCUT2D eigenvalue weighted by Crippen LogP contribution is -2.53. The van der Waals surface area contributed by atoms with Crippen LogP contribution in [0.15, 0.2) is 10.7 Å². The molecule has 1 aromatic heterocycles. The van der Waals surface area contributed by atoms with Gasteiger partial charge in [0.25, 0.3) is 0 Å². The van der Waals surface area contributed by atoms with Crippen molar-refractivity contribution in [3.8, 4) is 0 Å². The Morgan fingerprint density at radius 2 is 2.33 bits per heavy atom. The third-order valence-electron chi connectivity index (χ3n) is 2.28. The van der Waals surface area contributed by atoms with Crippen LogP contribution in [0.2, 0.25) is 5.28 Å². The smallest absolute Gasteiger partial charge is 0.224 e. The average molecular weight is 292 g/mol. The van der Waals surface area contributed by atoms with Crippen LogP contribution in [-0.2, 0) is 4.79 Å². The minimum atomic E-state index is -0.275. The van der Waals surface area contributed by atoms with Crippen LogP contribution in [-0.4, -0.2) is 29.0 Å². The van der Waals surface area contributed by atoms with E-state index in [9.17, 15) is 4.79 Å². The SMILES string of the molecule is NC(=O)C1CN(c2nc(Cl)ncc2Br)C1. The third kappa shape index (κ3) is 2.05. The molecule has 1 fully saturated rings. The van der Waals surface area contributed by atoms with Gasteiger partial charge in [0.15, 0.2) is 0 Å². The van der Waals surface area contributed by atoms with Crippen molar-refractivity contribution in [3.05, 3.63) is 16.0 Å². The molecule has 1 amide bonds. The van der Waals surface area contributed by atoms with Crippen molar-refractivity contribution in [3.63, 3.8) is 0 Å². The summed E-state index contributed by atoms with van der Waals surface area (Å²) >= 11 is 9.00. The summed E-state index contributed by atoms with van der Waals surface area (Å²) in [5, 5.41) is 0.190. The molecule has 0 atom stereocenters. The molecule has 0 radical (unpaired) electrons. The molecule has 5 nitrogen and oxygen atoms in total. The lowest BCUT2D eigenvalue weighted by molar-refractivity contribution is -0.122. The first kappa shape index (κ1) is 10.6. The number of carbonyl (C=O) groups excluding carboxylic acids is 1. The molecule has 1 aliphatic heterocycles. The highest BCUT2D eigenvalue weighted by molar-refractivity contribution is 9.10. The summed E-state index contributed by atoms with van der Waals surface area (Å²) in [5.41, 5.74) is 5.17. The van der Waals surface area contributed by atoms with Crippen LogP contribution in [0, 0.1) is 5.92 Å². The first-order valence-corrected chi connectivity index (χ1v) is 5.47. The number of nitrogens with two attached hydrogens (primary N) is 1. The van der Waals surface area contributed by atoms with Gasteiger partial charge in [-0.15, -0.1) is 0 Å². The Bertz CT molecular complexity index is 408. The molecule has 2 heterocycles. The number of aromatic nitrogens is 2. The number of anilines is 1. The monoisotopic (exact) mass is 290 g/mol. The third-order valence-corrected chi connectivity index (χ3v) is 3.02. The van der Waals surface area contributed by atoms with Crippen LogP contribution in [0.3, 0.4) is 0 Å². The second-order valence-electron chi connectivity index (χ2n) is 3.31. The van der Waals surface area contributed by atoms with E-state index in [1.54, 1.807) is 6.20 Å². The van der Waals surface area contributed by atoms with Gasteiger partial charge in [0.05, 0.1) is 10.4 Å². The first-order chi connectivity index (χ1) is 7.08. The first-order valence-electron chi connectivity index (χ1n) is 4.30. The molecule has 15 heavy (non-hydrogen) atoms. The Balaban J connectivity index is 2.12. The molecule has 1 aliphatic rings. The molecule has 0 unspecified atom stereocenters. The van der Waals surface area contributed by atoms with Gasteiger partial charge in [0.2, 0.25) is 11.2 Å². The normalized spacial score (nSPS) is 16.3. The fraction of sp³-hybridized carbons (Fsp3) is 0.375. The number of rotatable bonds is 2. The van der Waals surface area contributed by atoms with Gasteiger partial charge in [-0.3, -0.25) is 4.79 Å². The molecule has 7 heteroatoms. The maximum atomic E-state index is 10.8. The van der Waals surface area contributed by atoms with E-state index in [4.69, 9.17) is 17.3 Å². The summed E-state index contributed by atoms with van der Waals surface area (Å²) in [6, 6.07) is 0. The lowest BCUT2D eigenvalue weighted by Gasteiger charge is -2.38. The Morgan fingerprint density at radius 3 is 2.93 bits per heavy atom. The Labute approximate surface area is 99.8 Å². The topological polar surface area (TPSA) is 72.1 Å². The van der Waals surface area contributed by atoms with Crippen LogP contribution in [0.5, 0.6) is 0 Å². The Morgan fingerprint density at radius 1 is 1.67 bits per heavy atom. The molecule has 2 rings (SSSR count). The quantitative estimate of drug-likeness (QED) is 0.819. The van der Waals surface area contributed by atoms with Gasteiger partial charge >= 0.3 is 0 Å². The van der Waals surface area contributed by atoms with Gasteiger partial charge in [-0.2, -0.15) is 4.98 Å². The highest BCUT2D eigenvalue weighted by Gasteiger charge is 2.33. The maximum Gasteiger partial charge on any atom is 0.224 e. The molecule has 2 N–H and O–H groups in total. The lowest BCUT2D eigenvalue weighted by atomic mass is 10.00. The van der Waals surface area contributed by atoms with E-state index in [2.05, 4.69) is 25.9 Å². The van der Waals surface area contributed by atoms with Crippen molar-refractivity contribution in [2.75, 3.05) is 18.0 Å². The number of hydrogen-bond acceptors (Lipinski definition) is 4. The summed E-state index contributed by atoms with van der Waals surface area (Å²) in [7, 11) is 0. The van der Waals surface area contributed by atoms with Crippen LogP contribution >= 0.6 is 27.5 Å². The molecule has 0 bridgehead atoms. The second kappa shape index (κ2) is 3.94. The van der Waals surface area contributed by atoms with Crippen molar-refractivity contribution in [2.24, 2.45) is 11.7 Å². The summed E-state index contributed by atoms with van der Waals surface area (Å²) in [6.45, 7) is 1.17.